The zero-order chi connectivity index (χ0) is 14.2. The maximum absolute atomic E-state index is 12.2. The van der Waals surface area contributed by atoms with Gasteiger partial charge in [0.25, 0.3) is 5.91 Å². The van der Waals surface area contributed by atoms with Crippen LogP contribution in [0.25, 0.3) is 0 Å². The highest BCUT2D eigenvalue weighted by molar-refractivity contribution is 5.84. The number of carboxylic acids is 1. The summed E-state index contributed by atoms with van der Waals surface area (Å²) in [4.78, 5) is 23.3. The Morgan fingerprint density at radius 3 is 2.80 bits per heavy atom. The Labute approximate surface area is 116 Å². The summed E-state index contributed by atoms with van der Waals surface area (Å²) in [6, 6.07) is 7.72. The monoisotopic (exact) mass is 275 g/mol. The number of ether oxygens (including phenoxy) is 1. The van der Waals surface area contributed by atoms with Gasteiger partial charge in [-0.05, 0) is 30.4 Å². The number of aliphatic carboxylic acids is 1. The molecule has 1 atom stereocenters. The third-order valence-corrected chi connectivity index (χ3v) is 4.14. The van der Waals surface area contributed by atoms with Crippen molar-refractivity contribution >= 4 is 11.9 Å². The van der Waals surface area contributed by atoms with E-state index in [-0.39, 0.29) is 12.5 Å². The van der Waals surface area contributed by atoms with Crippen molar-refractivity contribution in [3.8, 4) is 0 Å². The van der Waals surface area contributed by atoms with Gasteiger partial charge < -0.3 is 15.2 Å². The van der Waals surface area contributed by atoms with E-state index >= 15 is 0 Å². The first kappa shape index (κ1) is 13.1. The molecule has 2 N–H and O–H groups in total. The molecule has 1 heterocycles. The molecule has 1 unspecified atom stereocenters. The van der Waals surface area contributed by atoms with Crippen LogP contribution in [0.15, 0.2) is 24.3 Å². The van der Waals surface area contributed by atoms with Crippen molar-refractivity contribution in [2.45, 2.75) is 25.4 Å². The van der Waals surface area contributed by atoms with E-state index < -0.39 is 17.5 Å². The Balaban J connectivity index is 1.68. The summed E-state index contributed by atoms with van der Waals surface area (Å²) in [6.45, 7) is 0.697. The van der Waals surface area contributed by atoms with Gasteiger partial charge in [-0.25, -0.2) is 0 Å². The summed E-state index contributed by atoms with van der Waals surface area (Å²) in [7, 11) is 0. The Bertz CT molecular complexity index is 551. The zero-order valence-electron chi connectivity index (χ0n) is 11.1. The molecule has 3 rings (SSSR count). The van der Waals surface area contributed by atoms with Crippen molar-refractivity contribution < 1.29 is 19.4 Å². The summed E-state index contributed by atoms with van der Waals surface area (Å²) in [5.74, 6) is -1.08. The first-order valence-electron chi connectivity index (χ1n) is 6.83. The van der Waals surface area contributed by atoms with E-state index in [1.54, 1.807) is 0 Å². The fourth-order valence-corrected chi connectivity index (χ4v) is 2.58. The molecule has 0 saturated heterocycles. The van der Waals surface area contributed by atoms with Crippen LogP contribution in [-0.4, -0.2) is 30.1 Å². The van der Waals surface area contributed by atoms with Crippen LogP contribution in [0.2, 0.25) is 0 Å². The van der Waals surface area contributed by atoms with Gasteiger partial charge in [0.05, 0.1) is 12.0 Å². The van der Waals surface area contributed by atoms with E-state index in [1.165, 1.54) is 0 Å². The number of carbonyl (C=O) groups is 2. The van der Waals surface area contributed by atoms with Crippen molar-refractivity contribution in [1.82, 2.24) is 5.32 Å². The second-order valence-corrected chi connectivity index (χ2v) is 5.50. The van der Waals surface area contributed by atoms with Gasteiger partial charge in [-0.2, -0.15) is 0 Å². The lowest BCUT2D eigenvalue weighted by molar-refractivity contribution is -0.143. The minimum atomic E-state index is -0.831. The molecule has 0 radical (unpaired) electrons. The van der Waals surface area contributed by atoms with Gasteiger partial charge >= 0.3 is 5.97 Å². The molecule has 1 aliphatic heterocycles. The quantitative estimate of drug-likeness (QED) is 0.868. The van der Waals surface area contributed by atoms with E-state index in [4.69, 9.17) is 9.84 Å². The molecular weight excluding hydrogens is 258 g/mol. The Morgan fingerprint density at radius 2 is 2.10 bits per heavy atom. The standard InChI is InChI=1S/C15H17NO4/c17-13(16-9-15(6-7-15)14(18)19)12-11-4-2-1-3-10(11)5-8-20-12/h1-4,12H,5-9H2,(H,16,17)(H,18,19). The molecule has 1 amide bonds. The van der Waals surface area contributed by atoms with E-state index in [0.717, 1.165) is 17.5 Å². The SMILES string of the molecule is O=C(NCC1(C(=O)O)CC1)C1OCCc2ccccc21. The fourth-order valence-electron chi connectivity index (χ4n) is 2.58. The Hall–Kier alpha value is -1.88. The maximum atomic E-state index is 12.2. The van der Waals surface area contributed by atoms with Crippen molar-refractivity contribution in [3.05, 3.63) is 35.4 Å². The van der Waals surface area contributed by atoms with Crippen LogP contribution in [0.4, 0.5) is 0 Å². The predicted octanol–water partition coefficient (Wildman–Crippen LogP) is 1.28. The van der Waals surface area contributed by atoms with Gasteiger partial charge in [0.1, 0.15) is 0 Å². The van der Waals surface area contributed by atoms with Crippen molar-refractivity contribution in [2.24, 2.45) is 5.41 Å². The number of hydrogen-bond donors (Lipinski definition) is 2. The minimum absolute atomic E-state index is 0.184. The van der Waals surface area contributed by atoms with Crippen LogP contribution in [0, 0.1) is 5.41 Å². The van der Waals surface area contributed by atoms with Gasteiger partial charge in [-0.3, -0.25) is 9.59 Å². The number of nitrogens with one attached hydrogen (secondary N) is 1. The molecular formula is C15H17NO4. The van der Waals surface area contributed by atoms with Gasteiger partial charge in [0, 0.05) is 6.54 Å². The first-order valence-corrected chi connectivity index (χ1v) is 6.83. The third-order valence-electron chi connectivity index (χ3n) is 4.14. The molecule has 1 fully saturated rings. The molecule has 1 saturated carbocycles. The van der Waals surface area contributed by atoms with E-state index in [0.29, 0.717) is 19.4 Å². The number of benzene rings is 1. The zero-order valence-corrected chi connectivity index (χ0v) is 11.1. The Kier molecular flexibility index (Phi) is 3.22. The molecule has 0 aromatic heterocycles. The van der Waals surface area contributed by atoms with Crippen molar-refractivity contribution in [3.63, 3.8) is 0 Å². The average Bonchev–Trinajstić information content (AvgIpc) is 3.25. The predicted molar refractivity (Wildman–Crippen MR) is 71.2 cm³/mol. The average molecular weight is 275 g/mol. The van der Waals surface area contributed by atoms with E-state index in [1.807, 2.05) is 24.3 Å². The smallest absolute Gasteiger partial charge is 0.311 e. The van der Waals surface area contributed by atoms with Crippen molar-refractivity contribution in [2.75, 3.05) is 13.2 Å². The molecule has 106 valence electrons. The van der Waals surface area contributed by atoms with Crippen LogP contribution in [0.3, 0.4) is 0 Å². The lowest BCUT2D eigenvalue weighted by Gasteiger charge is -2.25. The molecule has 5 nitrogen and oxygen atoms in total. The van der Waals surface area contributed by atoms with Gasteiger partial charge in [-0.15, -0.1) is 0 Å². The minimum Gasteiger partial charge on any atom is -0.481 e. The van der Waals surface area contributed by atoms with Gasteiger partial charge in [0.2, 0.25) is 0 Å². The topological polar surface area (TPSA) is 75.6 Å². The number of hydrogen-bond acceptors (Lipinski definition) is 3. The number of fused-ring (bicyclic) bond motifs is 1. The molecule has 5 heteroatoms. The Morgan fingerprint density at radius 1 is 1.35 bits per heavy atom. The normalized spacial score (nSPS) is 22.7. The molecule has 2 aliphatic rings. The highest BCUT2D eigenvalue weighted by Gasteiger charge is 2.50. The number of carbonyl (C=O) groups excluding carboxylic acids is 1. The maximum Gasteiger partial charge on any atom is 0.311 e. The second kappa shape index (κ2) is 4.90. The number of amides is 1. The van der Waals surface area contributed by atoms with E-state index in [2.05, 4.69) is 5.32 Å². The summed E-state index contributed by atoms with van der Waals surface area (Å²) < 4.78 is 5.55. The molecule has 0 spiro atoms. The van der Waals surface area contributed by atoms with Crippen molar-refractivity contribution in [1.29, 1.82) is 0 Å². The van der Waals surface area contributed by atoms with E-state index in [9.17, 15) is 9.59 Å². The summed E-state index contributed by atoms with van der Waals surface area (Å²) in [5.41, 5.74) is 1.26. The fraction of sp³-hybridized carbons (Fsp3) is 0.467. The number of rotatable bonds is 4. The molecule has 1 aromatic rings. The molecule has 1 aromatic carbocycles. The lowest BCUT2D eigenvalue weighted by atomic mass is 9.97. The van der Waals surface area contributed by atoms with Crippen LogP contribution < -0.4 is 5.32 Å². The lowest BCUT2D eigenvalue weighted by Crippen LogP contribution is -2.39. The number of carboxylic acid groups (broad SMARTS) is 1. The van der Waals surface area contributed by atoms with Crippen LogP contribution in [-0.2, 0) is 20.7 Å². The third kappa shape index (κ3) is 2.29. The molecule has 0 bridgehead atoms. The largest absolute Gasteiger partial charge is 0.481 e. The molecule has 20 heavy (non-hydrogen) atoms. The molecule has 1 aliphatic carbocycles. The highest BCUT2D eigenvalue weighted by Crippen LogP contribution is 2.45. The first-order chi connectivity index (χ1) is 9.62. The van der Waals surface area contributed by atoms with Gasteiger partial charge in [0.15, 0.2) is 6.10 Å². The second-order valence-electron chi connectivity index (χ2n) is 5.50. The van der Waals surface area contributed by atoms with Crippen LogP contribution in [0.1, 0.15) is 30.1 Å². The summed E-state index contributed by atoms with van der Waals surface area (Å²) in [6.07, 6.45) is 1.44. The van der Waals surface area contributed by atoms with Gasteiger partial charge in [-0.1, -0.05) is 24.3 Å². The highest BCUT2D eigenvalue weighted by atomic mass is 16.5. The van der Waals surface area contributed by atoms with Crippen LogP contribution >= 0.6 is 0 Å². The summed E-state index contributed by atoms with van der Waals surface area (Å²) >= 11 is 0. The summed E-state index contributed by atoms with van der Waals surface area (Å²) in [5, 5.41) is 11.8. The van der Waals surface area contributed by atoms with Crippen LogP contribution in [0.5, 0.6) is 0 Å².